The second kappa shape index (κ2) is 6.23. The molecule has 20 heavy (non-hydrogen) atoms. The first-order valence-corrected chi connectivity index (χ1v) is 7.31. The van der Waals surface area contributed by atoms with E-state index in [-0.39, 0.29) is 0 Å². The van der Waals surface area contributed by atoms with Crippen molar-refractivity contribution in [1.82, 2.24) is 5.32 Å². The van der Waals surface area contributed by atoms with Crippen molar-refractivity contribution in [2.75, 3.05) is 7.05 Å². The normalized spacial score (nSPS) is 12.4. The van der Waals surface area contributed by atoms with Crippen molar-refractivity contribution in [2.24, 2.45) is 0 Å². The van der Waals surface area contributed by atoms with E-state index in [9.17, 15) is 0 Å². The molecule has 2 aromatic carbocycles. The molecule has 0 fully saturated rings. The first kappa shape index (κ1) is 14.8. The molecule has 0 aromatic heterocycles. The lowest BCUT2D eigenvalue weighted by molar-refractivity contribution is 0.588. The van der Waals surface area contributed by atoms with Crippen molar-refractivity contribution in [3.8, 4) is 0 Å². The van der Waals surface area contributed by atoms with E-state index in [0.29, 0.717) is 6.04 Å². The van der Waals surface area contributed by atoms with Gasteiger partial charge in [0, 0.05) is 6.04 Å². The standard InChI is InChI=1S/C19H25N/c1-13-6-7-16(4)18(11-13)19(20-5)12-17-9-14(2)8-15(3)10-17/h6-11,19-20H,12H2,1-5H3. The summed E-state index contributed by atoms with van der Waals surface area (Å²) in [5.74, 6) is 0. The van der Waals surface area contributed by atoms with Crippen LogP contribution in [-0.2, 0) is 6.42 Å². The lowest BCUT2D eigenvalue weighted by Gasteiger charge is -2.20. The summed E-state index contributed by atoms with van der Waals surface area (Å²) in [4.78, 5) is 0. The Hall–Kier alpha value is -1.60. The van der Waals surface area contributed by atoms with Crippen LogP contribution in [0.25, 0.3) is 0 Å². The van der Waals surface area contributed by atoms with Crippen LogP contribution in [0, 0.1) is 27.7 Å². The zero-order chi connectivity index (χ0) is 14.7. The first-order valence-electron chi connectivity index (χ1n) is 7.31. The van der Waals surface area contributed by atoms with E-state index in [1.807, 2.05) is 0 Å². The largest absolute Gasteiger partial charge is 0.313 e. The van der Waals surface area contributed by atoms with Gasteiger partial charge in [-0.1, -0.05) is 53.1 Å². The molecule has 0 bridgehead atoms. The Labute approximate surface area is 123 Å². The van der Waals surface area contributed by atoms with Gasteiger partial charge in [-0.2, -0.15) is 0 Å². The van der Waals surface area contributed by atoms with Crippen molar-refractivity contribution in [3.05, 3.63) is 69.8 Å². The minimum atomic E-state index is 0.371. The quantitative estimate of drug-likeness (QED) is 0.864. The Kier molecular flexibility index (Phi) is 4.61. The van der Waals surface area contributed by atoms with Gasteiger partial charge in [-0.15, -0.1) is 0 Å². The van der Waals surface area contributed by atoms with Crippen LogP contribution < -0.4 is 5.32 Å². The van der Waals surface area contributed by atoms with Crippen LogP contribution in [0.3, 0.4) is 0 Å². The second-order valence-corrected chi connectivity index (χ2v) is 5.90. The number of nitrogens with one attached hydrogen (secondary N) is 1. The van der Waals surface area contributed by atoms with Crippen molar-refractivity contribution >= 4 is 0 Å². The van der Waals surface area contributed by atoms with E-state index >= 15 is 0 Å². The Bertz CT molecular complexity index is 578. The molecule has 0 aliphatic carbocycles. The highest BCUT2D eigenvalue weighted by molar-refractivity contribution is 5.35. The Morgan fingerprint density at radius 2 is 1.50 bits per heavy atom. The molecule has 1 unspecified atom stereocenters. The number of hydrogen-bond donors (Lipinski definition) is 1. The maximum Gasteiger partial charge on any atom is 0.0361 e. The third-order valence-electron chi connectivity index (χ3n) is 3.88. The molecule has 2 aromatic rings. The van der Waals surface area contributed by atoms with E-state index in [1.54, 1.807) is 0 Å². The van der Waals surface area contributed by atoms with Crippen molar-refractivity contribution < 1.29 is 0 Å². The van der Waals surface area contributed by atoms with Gasteiger partial charge in [0.15, 0.2) is 0 Å². The molecule has 0 amide bonds. The van der Waals surface area contributed by atoms with Gasteiger partial charge in [-0.3, -0.25) is 0 Å². The monoisotopic (exact) mass is 267 g/mol. The molecule has 0 saturated carbocycles. The lowest BCUT2D eigenvalue weighted by Crippen LogP contribution is -2.20. The summed E-state index contributed by atoms with van der Waals surface area (Å²) in [6.45, 7) is 8.69. The molecule has 1 nitrogen and oxygen atoms in total. The van der Waals surface area contributed by atoms with Crippen LogP contribution in [-0.4, -0.2) is 7.05 Å². The average Bonchev–Trinajstić information content (AvgIpc) is 2.38. The first-order chi connectivity index (χ1) is 9.49. The van der Waals surface area contributed by atoms with Crippen LogP contribution in [0.5, 0.6) is 0 Å². The molecule has 0 radical (unpaired) electrons. The minimum Gasteiger partial charge on any atom is -0.313 e. The van der Waals surface area contributed by atoms with Crippen LogP contribution in [0.4, 0.5) is 0 Å². The van der Waals surface area contributed by atoms with Gasteiger partial charge >= 0.3 is 0 Å². The molecular formula is C19H25N. The molecule has 0 saturated heterocycles. The lowest BCUT2D eigenvalue weighted by atomic mass is 9.93. The molecule has 0 aliphatic rings. The highest BCUT2D eigenvalue weighted by Crippen LogP contribution is 2.23. The highest BCUT2D eigenvalue weighted by atomic mass is 14.9. The summed E-state index contributed by atoms with van der Waals surface area (Å²) in [6.07, 6.45) is 1.03. The molecule has 1 N–H and O–H groups in total. The van der Waals surface area contributed by atoms with Gasteiger partial charge in [0.25, 0.3) is 0 Å². The zero-order valence-corrected chi connectivity index (χ0v) is 13.2. The summed E-state index contributed by atoms with van der Waals surface area (Å²) < 4.78 is 0. The molecule has 106 valence electrons. The fourth-order valence-electron chi connectivity index (χ4n) is 2.93. The average molecular weight is 267 g/mol. The Balaban J connectivity index is 2.31. The summed E-state index contributed by atoms with van der Waals surface area (Å²) in [5, 5.41) is 3.47. The number of benzene rings is 2. The summed E-state index contributed by atoms with van der Waals surface area (Å²) in [5.41, 5.74) is 8.19. The smallest absolute Gasteiger partial charge is 0.0361 e. The predicted octanol–water partition coefficient (Wildman–Crippen LogP) is 4.42. The van der Waals surface area contributed by atoms with Gasteiger partial charge in [0.05, 0.1) is 0 Å². The van der Waals surface area contributed by atoms with E-state index in [1.165, 1.54) is 33.4 Å². The van der Waals surface area contributed by atoms with E-state index in [0.717, 1.165) is 6.42 Å². The second-order valence-electron chi connectivity index (χ2n) is 5.90. The van der Waals surface area contributed by atoms with Gasteiger partial charge < -0.3 is 5.32 Å². The highest BCUT2D eigenvalue weighted by Gasteiger charge is 2.13. The van der Waals surface area contributed by atoms with Crippen LogP contribution in [0.2, 0.25) is 0 Å². The number of rotatable bonds is 4. The fourth-order valence-corrected chi connectivity index (χ4v) is 2.93. The van der Waals surface area contributed by atoms with Crippen molar-refractivity contribution in [3.63, 3.8) is 0 Å². The van der Waals surface area contributed by atoms with E-state index < -0.39 is 0 Å². The number of hydrogen-bond acceptors (Lipinski definition) is 1. The summed E-state index contributed by atoms with van der Waals surface area (Å²) in [6, 6.07) is 13.9. The molecule has 1 heteroatoms. The molecule has 2 rings (SSSR count). The third kappa shape index (κ3) is 3.49. The van der Waals surface area contributed by atoms with Crippen LogP contribution in [0.15, 0.2) is 36.4 Å². The van der Waals surface area contributed by atoms with Crippen molar-refractivity contribution in [2.45, 2.75) is 40.2 Å². The topological polar surface area (TPSA) is 12.0 Å². The molecule has 0 heterocycles. The molecule has 1 atom stereocenters. The number of aryl methyl sites for hydroxylation is 4. The summed E-state index contributed by atoms with van der Waals surface area (Å²) >= 11 is 0. The number of likely N-dealkylation sites (N-methyl/N-ethyl adjacent to an activating group) is 1. The summed E-state index contributed by atoms with van der Waals surface area (Å²) in [7, 11) is 2.05. The van der Waals surface area contributed by atoms with Gasteiger partial charge in [0.2, 0.25) is 0 Å². The maximum absolute atomic E-state index is 3.47. The van der Waals surface area contributed by atoms with Crippen LogP contribution in [0.1, 0.15) is 39.4 Å². The van der Waals surface area contributed by atoms with Crippen molar-refractivity contribution in [1.29, 1.82) is 0 Å². The predicted molar refractivity (Wildman–Crippen MR) is 87.3 cm³/mol. The van der Waals surface area contributed by atoms with Gasteiger partial charge in [-0.25, -0.2) is 0 Å². The zero-order valence-electron chi connectivity index (χ0n) is 13.2. The molecule has 0 spiro atoms. The van der Waals surface area contributed by atoms with E-state index in [2.05, 4.69) is 76.5 Å². The Morgan fingerprint density at radius 3 is 2.10 bits per heavy atom. The van der Waals surface area contributed by atoms with Gasteiger partial charge in [0.1, 0.15) is 0 Å². The van der Waals surface area contributed by atoms with Crippen LogP contribution >= 0.6 is 0 Å². The minimum absolute atomic E-state index is 0.371. The molecular weight excluding hydrogens is 242 g/mol. The fraction of sp³-hybridized carbons (Fsp3) is 0.368. The molecule has 0 aliphatic heterocycles. The van der Waals surface area contributed by atoms with Gasteiger partial charge in [-0.05, 0) is 57.9 Å². The maximum atomic E-state index is 3.47. The van der Waals surface area contributed by atoms with E-state index in [4.69, 9.17) is 0 Å². The Morgan fingerprint density at radius 1 is 0.850 bits per heavy atom. The third-order valence-corrected chi connectivity index (χ3v) is 3.88. The SMILES string of the molecule is CNC(Cc1cc(C)cc(C)c1)c1cc(C)ccc1C.